The summed E-state index contributed by atoms with van der Waals surface area (Å²) < 4.78 is 5.53. The molecule has 1 amide bonds. The van der Waals surface area contributed by atoms with Gasteiger partial charge >= 0.3 is 5.97 Å². The average molecular weight is 279 g/mol. The van der Waals surface area contributed by atoms with Crippen molar-refractivity contribution in [2.45, 2.75) is 39.2 Å². The Morgan fingerprint density at radius 1 is 1.30 bits per heavy atom. The largest absolute Gasteiger partial charge is 0.493 e. The Labute approximate surface area is 118 Å². The Hall–Kier alpha value is -2.04. The number of para-hydroxylation sites is 1. The van der Waals surface area contributed by atoms with Crippen LogP contribution in [0.2, 0.25) is 0 Å². The molecule has 0 aliphatic rings. The van der Waals surface area contributed by atoms with Gasteiger partial charge in [0.05, 0.1) is 13.0 Å². The fourth-order valence-electron chi connectivity index (χ4n) is 1.73. The zero-order valence-corrected chi connectivity index (χ0v) is 11.9. The molecule has 0 aromatic heterocycles. The Bertz CT molecular complexity index is 459. The van der Waals surface area contributed by atoms with Crippen LogP contribution in [0.3, 0.4) is 0 Å². The molecule has 110 valence electrons. The molecule has 1 aromatic rings. The van der Waals surface area contributed by atoms with Crippen molar-refractivity contribution in [1.82, 2.24) is 5.32 Å². The molecule has 0 bridgehead atoms. The number of carboxylic acids is 1. The number of hydrogen-bond donors (Lipinski definition) is 2. The summed E-state index contributed by atoms with van der Waals surface area (Å²) in [6.07, 6.45) is 0.743. The van der Waals surface area contributed by atoms with Gasteiger partial charge in [-0.1, -0.05) is 18.2 Å². The Morgan fingerprint density at radius 2 is 2.00 bits per heavy atom. The van der Waals surface area contributed by atoms with Crippen molar-refractivity contribution < 1.29 is 19.4 Å². The molecule has 0 heterocycles. The summed E-state index contributed by atoms with van der Waals surface area (Å²) in [5, 5.41) is 11.3. The number of aliphatic carboxylic acids is 1. The summed E-state index contributed by atoms with van der Waals surface area (Å²) in [7, 11) is 0. The third-order valence-electron chi connectivity index (χ3n) is 2.88. The minimum atomic E-state index is -0.853. The number of ether oxygens (including phenoxy) is 1. The average Bonchev–Trinajstić information content (AvgIpc) is 2.38. The van der Waals surface area contributed by atoms with E-state index < -0.39 is 5.97 Å². The first-order chi connectivity index (χ1) is 9.49. The maximum Gasteiger partial charge on any atom is 0.303 e. The van der Waals surface area contributed by atoms with Gasteiger partial charge in [0.15, 0.2) is 0 Å². The van der Waals surface area contributed by atoms with Crippen LogP contribution in [-0.4, -0.2) is 29.6 Å². The van der Waals surface area contributed by atoms with Crippen LogP contribution in [0.1, 0.15) is 31.7 Å². The van der Waals surface area contributed by atoms with Gasteiger partial charge < -0.3 is 15.2 Å². The zero-order chi connectivity index (χ0) is 15.0. The number of aryl methyl sites for hydroxylation is 1. The van der Waals surface area contributed by atoms with Gasteiger partial charge in [-0.15, -0.1) is 0 Å². The first kappa shape index (κ1) is 16.0. The van der Waals surface area contributed by atoms with Gasteiger partial charge in [0.1, 0.15) is 5.75 Å². The number of hydrogen-bond acceptors (Lipinski definition) is 3. The molecule has 0 spiro atoms. The van der Waals surface area contributed by atoms with Gasteiger partial charge in [-0.2, -0.15) is 0 Å². The minimum absolute atomic E-state index is 0.0567. The van der Waals surface area contributed by atoms with Crippen LogP contribution < -0.4 is 10.1 Å². The van der Waals surface area contributed by atoms with Crippen LogP contribution in [-0.2, 0) is 9.59 Å². The summed E-state index contributed by atoms with van der Waals surface area (Å²) in [4.78, 5) is 22.1. The molecule has 2 N–H and O–H groups in total. The van der Waals surface area contributed by atoms with E-state index in [4.69, 9.17) is 9.84 Å². The minimum Gasteiger partial charge on any atom is -0.493 e. The Balaban J connectivity index is 2.23. The lowest BCUT2D eigenvalue weighted by Crippen LogP contribution is -2.33. The van der Waals surface area contributed by atoms with E-state index in [1.165, 1.54) is 0 Å². The van der Waals surface area contributed by atoms with E-state index in [9.17, 15) is 9.59 Å². The predicted molar refractivity (Wildman–Crippen MR) is 75.8 cm³/mol. The number of carbonyl (C=O) groups is 2. The molecule has 0 saturated carbocycles. The van der Waals surface area contributed by atoms with Gasteiger partial charge in [0, 0.05) is 12.5 Å². The molecule has 5 nitrogen and oxygen atoms in total. The molecule has 0 aliphatic carbocycles. The van der Waals surface area contributed by atoms with Crippen LogP contribution in [0, 0.1) is 6.92 Å². The topological polar surface area (TPSA) is 75.6 Å². The summed E-state index contributed by atoms with van der Waals surface area (Å²) >= 11 is 0. The Kier molecular flexibility index (Phi) is 6.56. The highest BCUT2D eigenvalue weighted by Gasteiger charge is 2.09. The molecule has 1 atom stereocenters. The van der Waals surface area contributed by atoms with E-state index in [-0.39, 0.29) is 24.8 Å². The normalized spacial score (nSPS) is 11.7. The van der Waals surface area contributed by atoms with Crippen LogP contribution in [0.25, 0.3) is 0 Å². The molecule has 1 aromatic carbocycles. The van der Waals surface area contributed by atoms with Crippen molar-refractivity contribution in [2.24, 2.45) is 0 Å². The summed E-state index contributed by atoms with van der Waals surface area (Å²) in [5.41, 5.74) is 1.03. The van der Waals surface area contributed by atoms with E-state index in [0.717, 1.165) is 11.3 Å². The fraction of sp³-hybridized carbons (Fsp3) is 0.467. The second-order valence-corrected chi connectivity index (χ2v) is 4.76. The van der Waals surface area contributed by atoms with Crippen LogP contribution in [0.5, 0.6) is 5.75 Å². The number of rotatable bonds is 8. The van der Waals surface area contributed by atoms with E-state index in [0.29, 0.717) is 13.0 Å². The van der Waals surface area contributed by atoms with Crippen molar-refractivity contribution in [1.29, 1.82) is 0 Å². The summed E-state index contributed by atoms with van der Waals surface area (Å²) in [6, 6.07) is 7.48. The first-order valence-electron chi connectivity index (χ1n) is 6.68. The van der Waals surface area contributed by atoms with E-state index in [1.807, 2.05) is 31.2 Å². The number of carboxylic acid groups (broad SMARTS) is 1. The second-order valence-electron chi connectivity index (χ2n) is 4.76. The Morgan fingerprint density at radius 3 is 2.65 bits per heavy atom. The van der Waals surface area contributed by atoms with Crippen molar-refractivity contribution in [3.05, 3.63) is 29.8 Å². The number of carbonyl (C=O) groups excluding carboxylic acids is 1. The smallest absolute Gasteiger partial charge is 0.303 e. The van der Waals surface area contributed by atoms with E-state index in [1.54, 1.807) is 6.92 Å². The third-order valence-corrected chi connectivity index (χ3v) is 2.88. The first-order valence-corrected chi connectivity index (χ1v) is 6.68. The lowest BCUT2D eigenvalue weighted by atomic mass is 10.2. The molecule has 1 rings (SSSR count). The number of benzene rings is 1. The maximum atomic E-state index is 11.6. The highest BCUT2D eigenvalue weighted by atomic mass is 16.5. The molecular weight excluding hydrogens is 258 g/mol. The van der Waals surface area contributed by atoms with Gasteiger partial charge in [0.25, 0.3) is 0 Å². The van der Waals surface area contributed by atoms with Gasteiger partial charge in [-0.25, -0.2) is 0 Å². The van der Waals surface area contributed by atoms with E-state index >= 15 is 0 Å². The van der Waals surface area contributed by atoms with Gasteiger partial charge in [-0.05, 0) is 31.9 Å². The summed E-state index contributed by atoms with van der Waals surface area (Å²) in [5.74, 6) is -0.204. The van der Waals surface area contributed by atoms with E-state index in [2.05, 4.69) is 5.32 Å². The lowest BCUT2D eigenvalue weighted by Gasteiger charge is -2.13. The third kappa shape index (κ3) is 6.22. The molecule has 0 radical (unpaired) electrons. The van der Waals surface area contributed by atoms with Crippen molar-refractivity contribution in [3.63, 3.8) is 0 Å². The van der Waals surface area contributed by atoms with Crippen molar-refractivity contribution in [3.8, 4) is 5.75 Å². The molecule has 1 unspecified atom stereocenters. The van der Waals surface area contributed by atoms with Crippen LogP contribution in [0.15, 0.2) is 24.3 Å². The second kappa shape index (κ2) is 8.19. The molecule has 0 saturated heterocycles. The van der Waals surface area contributed by atoms with Gasteiger partial charge in [0.2, 0.25) is 5.91 Å². The van der Waals surface area contributed by atoms with Crippen molar-refractivity contribution >= 4 is 11.9 Å². The predicted octanol–water partition coefficient (Wildman–Crippen LogP) is 2.13. The molecular formula is C15H21NO4. The SMILES string of the molecule is Cc1ccccc1OCCC(=O)NC(C)CCC(=O)O. The van der Waals surface area contributed by atoms with Gasteiger partial charge in [-0.3, -0.25) is 9.59 Å². The number of amides is 1. The molecule has 0 aliphatic heterocycles. The quantitative estimate of drug-likeness (QED) is 0.764. The molecule has 20 heavy (non-hydrogen) atoms. The zero-order valence-electron chi connectivity index (χ0n) is 11.9. The lowest BCUT2D eigenvalue weighted by molar-refractivity contribution is -0.137. The van der Waals surface area contributed by atoms with Crippen LogP contribution >= 0.6 is 0 Å². The van der Waals surface area contributed by atoms with Crippen molar-refractivity contribution in [2.75, 3.05) is 6.61 Å². The number of nitrogens with one attached hydrogen (secondary N) is 1. The standard InChI is InChI=1S/C15H21NO4/c1-11-5-3-4-6-13(11)20-10-9-14(17)16-12(2)7-8-15(18)19/h3-6,12H,7-10H2,1-2H3,(H,16,17)(H,18,19). The fourth-order valence-corrected chi connectivity index (χ4v) is 1.73. The summed E-state index contributed by atoms with van der Waals surface area (Å²) in [6.45, 7) is 4.05. The molecule has 5 heteroatoms. The maximum absolute atomic E-state index is 11.6. The highest BCUT2D eigenvalue weighted by molar-refractivity contribution is 5.76. The molecule has 0 fully saturated rings. The van der Waals surface area contributed by atoms with Crippen LogP contribution in [0.4, 0.5) is 0 Å². The monoisotopic (exact) mass is 279 g/mol. The highest BCUT2D eigenvalue weighted by Crippen LogP contribution is 2.16.